The maximum Gasteiger partial charge on any atom is 0.223 e. The summed E-state index contributed by atoms with van der Waals surface area (Å²) in [6.45, 7) is 0.807. The summed E-state index contributed by atoms with van der Waals surface area (Å²) in [7, 11) is 0. The van der Waals surface area contributed by atoms with Crippen molar-refractivity contribution in [3.63, 3.8) is 0 Å². The molecule has 0 spiro atoms. The molecule has 0 bridgehead atoms. The second-order valence-electron chi connectivity index (χ2n) is 7.30. The van der Waals surface area contributed by atoms with Gasteiger partial charge in [0.2, 0.25) is 5.95 Å². The van der Waals surface area contributed by atoms with Crippen LogP contribution in [0.4, 0.5) is 17.6 Å². The van der Waals surface area contributed by atoms with Gasteiger partial charge in [-0.05, 0) is 43.7 Å². The second-order valence-corrected chi connectivity index (χ2v) is 7.70. The molecule has 1 aliphatic carbocycles. The maximum absolute atomic E-state index is 12.9. The Bertz CT molecular complexity index is 839. The average molecular weight is 386 g/mol. The van der Waals surface area contributed by atoms with Gasteiger partial charge >= 0.3 is 0 Å². The summed E-state index contributed by atoms with van der Waals surface area (Å²) >= 11 is 6.21. The van der Waals surface area contributed by atoms with E-state index in [9.17, 15) is 4.79 Å². The van der Waals surface area contributed by atoms with E-state index >= 15 is 0 Å². The van der Waals surface area contributed by atoms with Gasteiger partial charge in [-0.1, -0.05) is 29.8 Å². The molecule has 4 rings (SSSR count). The van der Waals surface area contributed by atoms with E-state index in [2.05, 4.69) is 20.2 Å². The van der Waals surface area contributed by atoms with Crippen LogP contribution in [0.5, 0.6) is 0 Å². The molecular weight excluding hydrogens is 362 g/mol. The molecule has 7 heteroatoms. The van der Waals surface area contributed by atoms with E-state index in [1.54, 1.807) is 0 Å². The van der Waals surface area contributed by atoms with Crippen molar-refractivity contribution in [1.29, 1.82) is 0 Å². The molecule has 1 atom stereocenters. The summed E-state index contributed by atoms with van der Waals surface area (Å²) in [5.74, 6) is 1.94. The number of nitrogens with two attached hydrogens (primary N) is 1. The number of carbonyl (C=O) groups is 1. The number of nitrogen functional groups attached to an aromatic ring is 1. The topological polar surface area (TPSA) is 84.1 Å². The first kappa shape index (κ1) is 18.0. The molecule has 142 valence electrons. The molecule has 1 aromatic heterocycles. The fraction of sp³-hybridized carbons (Fsp3) is 0.450. The van der Waals surface area contributed by atoms with E-state index in [1.165, 1.54) is 0 Å². The molecule has 1 saturated heterocycles. The standard InChI is InChI=1S/C20H24ClN5O/c21-15-5-2-1-4-13(15)7-10-17(27)16-6-3-11-26(16)19-12-18(23-14-8-9-14)24-20(22)25-19/h1-2,4-5,12,14,16H,3,6-11H2,(H3,22,23,24,25). The number of benzene rings is 1. The van der Waals surface area contributed by atoms with Crippen LogP contribution in [-0.2, 0) is 11.2 Å². The molecule has 0 amide bonds. The van der Waals surface area contributed by atoms with Crippen LogP contribution in [0.15, 0.2) is 30.3 Å². The highest BCUT2D eigenvalue weighted by Crippen LogP contribution is 2.30. The maximum atomic E-state index is 12.9. The van der Waals surface area contributed by atoms with Crippen molar-refractivity contribution in [2.24, 2.45) is 0 Å². The second kappa shape index (κ2) is 7.72. The molecule has 2 aromatic rings. The summed E-state index contributed by atoms with van der Waals surface area (Å²) in [4.78, 5) is 23.6. The van der Waals surface area contributed by atoms with Crippen LogP contribution in [-0.4, -0.2) is 34.4 Å². The lowest BCUT2D eigenvalue weighted by molar-refractivity contribution is -0.120. The number of aromatic nitrogens is 2. The molecule has 1 unspecified atom stereocenters. The van der Waals surface area contributed by atoms with E-state index in [4.69, 9.17) is 17.3 Å². The normalized spacial score (nSPS) is 19.3. The average Bonchev–Trinajstić information content (AvgIpc) is 3.32. The molecule has 0 radical (unpaired) electrons. The Morgan fingerprint density at radius 3 is 2.85 bits per heavy atom. The highest BCUT2D eigenvalue weighted by molar-refractivity contribution is 6.31. The predicted molar refractivity (Wildman–Crippen MR) is 108 cm³/mol. The van der Waals surface area contributed by atoms with Crippen LogP contribution in [0.1, 0.15) is 37.7 Å². The predicted octanol–water partition coefficient (Wildman–Crippen LogP) is 3.46. The molecule has 27 heavy (non-hydrogen) atoms. The molecule has 1 aliphatic heterocycles. The zero-order valence-electron chi connectivity index (χ0n) is 15.2. The van der Waals surface area contributed by atoms with Crippen LogP contribution in [0.3, 0.4) is 0 Å². The van der Waals surface area contributed by atoms with E-state index in [1.807, 2.05) is 30.3 Å². The number of aryl methyl sites for hydroxylation is 1. The first-order valence-corrected chi connectivity index (χ1v) is 9.92. The third kappa shape index (κ3) is 4.33. The zero-order valence-corrected chi connectivity index (χ0v) is 16.0. The van der Waals surface area contributed by atoms with Crippen molar-refractivity contribution >= 4 is 35.0 Å². The summed E-state index contributed by atoms with van der Waals surface area (Å²) in [5, 5.41) is 4.08. The number of Topliss-reactive ketones (excluding diaryl/α,β-unsaturated/α-hetero) is 1. The summed E-state index contributed by atoms with van der Waals surface area (Å²) in [6, 6.07) is 9.93. The number of anilines is 3. The van der Waals surface area contributed by atoms with Crippen LogP contribution < -0.4 is 16.0 Å². The van der Waals surface area contributed by atoms with Gasteiger partial charge in [-0.3, -0.25) is 4.79 Å². The van der Waals surface area contributed by atoms with Gasteiger partial charge in [0, 0.05) is 30.1 Å². The van der Waals surface area contributed by atoms with E-state index in [0.717, 1.165) is 49.4 Å². The largest absolute Gasteiger partial charge is 0.368 e. The van der Waals surface area contributed by atoms with Crippen LogP contribution in [0.25, 0.3) is 0 Å². The van der Waals surface area contributed by atoms with Crippen LogP contribution in [0, 0.1) is 0 Å². The number of rotatable bonds is 7. The molecule has 2 heterocycles. The van der Waals surface area contributed by atoms with Crippen molar-refractivity contribution in [3.05, 3.63) is 40.9 Å². The minimum absolute atomic E-state index is 0.157. The number of ketones is 1. The minimum atomic E-state index is -0.157. The Morgan fingerprint density at radius 2 is 2.07 bits per heavy atom. The van der Waals surface area contributed by atoms with E-state index in [-0.39, 0.29) is 17.8 Å². The molecule has 2 fully saturated rings. The smallest absolute Gasteiger partial charge is 0.223 e. The lowest BCUT2D eigenvalue weighted by atomic mass is 10.0. The molecule has 1 saturated carbocycles. The van der Waals surface area contributed by atoms with Gasteiger partial charge in [-0.15, -0.1) is 0 Å². The lowest BCUT2D eigenvalue weighted by Gasteiger charge is -2.25. The van der Waals surface area contributed by atoms with Gasteiger partial charge in [-0.25, -0.2) is 0 Å². The van der Waals surface area contributed by atoms with Gasteiger partial charge in [0.1, 0.15) is 11.6 Å². The monoisotopic (exact) mass is 385 g/mol. The summed E-state index contributed by atoms with van der Waals surface area (Å²) < 4.78 is 0. The quantitative estimate of drug-likeness (QED) is 0.759. The van der Waals surface area contributed by atoms with Crippen molar-refractivity contribution in [2.45, 2.75) is 50.6 Å². The fourth-order valence-corrected chi connectivity index (χ4v) is 3.84. The summed E-state index contributed by atoms with van der Waals surface area (Å²) in [6.07, 6.45) is 5.26. The number of hydrogen-bond donors (Lipinski definition) is 2. The Balaban J connectivity index is 1.46. The van der Waals surface area contributed by atoms with Gasteiger partial charge in [0.25, 0.3) is 0 Å². The first-order chi connectivity index (χ1) is 13.1. The Hall–Kier alpha value is -2.34. The van der Waals surface area contributed by atoms with Crippen molar-refractivity contribution in [1.82, 2.24) is 9.97 Å². The van der Waals surface area contributed by atoms with Gasteiger partial charge in [0.15, 0.2) is 5.78 Å². The Morgan fingerprint density at radius 1 is 1.26 bits per heavy atom. The number of nitrogens with zero attached hydrogens (tertiary/aromatic N) is 3. The molecular formula is C20H24ClN5O. The SMILES string of the molecule is Nc1nc(NC2CC2)cc(N2CCCC2C(=O)CCc2ccccc2Cl)n1. The molecule has 1 aromatic carbocycles. The molecule has 2 aliphatic rings. The first-order valence-electron chi connectivity index (χ1n) is 9.54. The van der Waals surface area contributed by atoms with Gasteiger partial charge < -0.3 is 16.0 Å². The van der Waals surface area contributed by atoms with E-state index < -0.39 is 0 Å². The molecule has 3 N–H and O–H groups in total. The zero-order chi connectivity index (χ0) is 18.8. The number of halogens is 1. The van der Waals surface area contributed by atoms with Crippen LogP contribution in [0.2, 0.25) is 5.02 Å². The van der Waals surface area contributed by atoms with Gasteiger partial charge in [0.05, 0.1) is 6.04 Å². The number of carbonyl (C=O) groups excluding carboxylic acids is 1. The van der Waals surface area contributed by atoms with Crippen LogP contribution >= 0.6 is 11.6 Å². The minimum Gasteiger partial charge on any atom is -0.368 e. The highest BCUT2D eigenvalue weighted by Gasteiger charge is 2.32. The van der Waals surface area contributed by atoms with Crippen molar-refractivity contribution in [3.8, 4) is 0 Å². The number of nitrogens with one attached hydrogen (secondary N) is 1. The Kier molecular flexibility index (Phi) is 5.16. The van der Waals surface area contributed by atoms with Crippen molar-refractivity contribution < 1.29 is 4.79 Å². The molecule has 6 nitrogen and oxygen atoms in total. The third-order valence-corrected chi connectivity index (χ3v) is 5.55. The fourth-order valence-electron chi connectivity index (χ4n) is 3.61. The van der Waals surface area contributed by atoms with E-state index in [0.29, 0.717) is 23.9 Å². The van der Waals surface area contributed by atoms with Gasteiger partial charge in [-0.2, -0.15) is 9.97 Å². The lowest BCUT2D eigenvalue weighted by Crippen LogP contribution is -2.37. The Labute approximate surface area is 164 Å². The third-order valence-electron chi connectivity index (χ3n) is 5.18. The van der Waals surface area contributed by atoms with Crippen molar-refractivity contribution in [2.75, 3.05) is 22.5 Å². The number of hydrogen-bond acceptors (Lipinski definition) is 6. The highest BCUT2D eigenvalue weighted by atomic mass is 35.5. The summed E-state index contributed by atoms with van der Waals surface area (Å²) in [5.41, 5.74) is 6.92.